The second-order valence-electron chi connectivity index (χ2n) is 4.71. The summed E-state index contributed by atoms with van der Waals surface area (Å²) >= 11 is 0. The van der Waals surface area contributed by atoms with Gasteiger partial charge in [-0.2, -0.15) is 5.10 Å². The van der Waals surface area contributed by atoms with Gasteiger partial charge in [0.2, 0.25) is 0 Å². The lowest BCUT2D eigenvalue weighted by Gasteiger charge is -2.08. The zero-order chi connectivity index (χ0) is 11.4. The quantitative estimate of drug-likeness (QED) is 0.705. The number of H-pyrrole nitrogens is 1. The molecule has 2 heterocycles. The van der Waals surface area contributed by atoms with Gasteiger partial charge in [0, 0.05) is 12.4 Å². The molecule has 4 heteroatoms. The minimum absolute atomic E-state index is 0.748. The summed E-state index contributed by atoms with van der Waals surface area (Å²) in [6.45, 7) is 0. The van der Waals surface area contributed by atoms with Crippen molar-refractivity contribution in [3.05, 3.63) is 30.0 Å². The SMILES string of the molecule is CNn1c2cn[nH]c2c2cccc(C3CC3)c21. The molecule has 1 aliphatic rings. The van der Waals surface area contributed by atoms with Crippen molar-refractivity contribution in [2.75, 3.05) is 12.5 Å². The normalized spacial score (nSPS) is 15.8. The van der Waals surface area contributed by atoms with Crippen LogP contribution in [0.2, 0.25) is 0 Å². The minimum atomic E-state index is 0.748. The fraction of sp³-hybridized carbons (Fsp3) is 0.308. The van der Waals surface area contributed by atoms with Crippen LogP contribution in [-0.4, -0.2) is 21.9 Å². The number of nitrogens with one attached hydrogen (secondary N) is 2. The van der Waals surface area contributed by atoms with E-state index in [1.165, 1.54) is 29.3 Å². The van der Waals surface area contributed by atoms with Crippen molar-refractivity contribution in [3.8, 4) is 0 Å². The summed E-state index contributed by atoms with van der Waals surface area (Å²) in [5, 5.41) is 8.48. The summed E-state index contributed by atoms with van der Waals surface area (Å²) < 4.78 is 2.14. The van der Waals surface area contributed by atoms with Crippen molar-refractivity contribution in [1.82, 2.24) is 14.9 Å². The average molecular weight is 226 g/mol. The molecular formula is C13H14N4. The van der Waals surface area contributed by atoms with Gasteiger partial charge in [-0.05, 0) is 24.3 Å². The second-order valence-corrected chi connectivity index (χ2v) is 4.71. The van der Waals surface area contributed by atoms with E-state index in [2.05, 4.69) is 38.5 Å². The Labute approximate surface area is 98.6 Å². The molecule has 2 N–H and O–H groups in total. The molecule has 0 radical (unpaired) electrons. The Morgan fingerprint density at radius 3 is 3.06 bits per heavy atom. The van der Waals surface area contributed by atoms with Crippen LogP contribution in [0.3, 0.4) is 0 Å². The van der Waals surface area contributed by atoms with E-state index in [0.717, 1.165) is 17.0 Å². The second kappa shape index (κ2) is 3.03. The van der Waals surface area contributed by atoms with Crippen LogP contribution in [0.25, 0.3) is 21.9 Å². The van der Waals surface area contributed by atoms with Crippen LogP contribution in [0.1, 0.15) is 24.3 Å². The third-order valence-electron chi connectivity index (χ3n) is 3.66. The monoisotopic (exact) mass is 226 g/mol. The van der Waals surface area contributed by atoms with E-state index >= 15 is 0 Å². The van der Waals surface area contributed by atoms with Crippen molar-refractivity contribution in [3.63, 3.8) is 0 Å². The zero-order valence-corrected chi connectivity index (χ0v) is 9.70. The Kier molecular flexibility index (Phi) is 1.62. The molecule has 0 bridgehead atoms. The van der Waals surface area contributed by atoms with E-state index in [0.29, 0.717) is 0 Å². The van der Waals surface area contributed by atoms with Gasteiger partial charge >= 0.3 is 0 Å². The van der Waals surface area contributed by atoms with Crippen molar-refractivity contribution in [1.29, 1.82) is 0 Å². The molecule has 1 saturated carbocycles. The predicted octanol–water partition coefficient (Wildman–Crippen LogP) is 2.57. The van der Waals surface area contributed by atoms with Gasteiger partial charge in [0.15, 0.2) is 0 Å². The molecule has 4 rings (SSSR count). The summed E-state index contributed by atoms with van der Waals surface area (Å²) in [5.74, 6) is 0.748. The zero-order valence-electron chi connectivity index (χ0n) is 9.70. The molecule has 0 unspecified atom stereocenters. The Morgan fingerprint density at radius 1 is 1.41 bits per heavy atom. The summed E-state index contributed by atoms with van der Waals surface area (Å²) in [7, 11) is 1.95. The van der Waals surface area contributed by atoms with Crippen LogP contribution in [0.4, 0.5) is 0 Å². The molecule has 17 heavy (non-hydrogen) atoms. The highest BCUT2D eigenvalue weighted by atomic mass is 15.4. The van der Waals surface area contributed by atoms with Crippen LogP contribution < -0.4 is 5.43 Å². The third kappa shape index (κ3) is 1.10. The number of fused-ring (bicyclic) bond motifs is 3. The van der Waals surface area contributed by atoms with E-state index in [-0.39, 0.29) is 0 Å². The summed E-state index contributed by atoms with van der Waals surface area (Å²) in [6, 6.07) is 6.56. The first-order chi connectivity index (χ1) is 8.40. The molecular weight excluding hydrogens is 212 g/mol. The summed E-state index contributed by atoms with van der Waals surface area (Å²) in [6.07, 6.45) is 4.52. The fourth-order valence-electron chi connectivity index (χ4n) is 2.74. The molecule has 3 aromatic rings. The van der Waals surface area contributed by atoms with Gasteiger partial charge in [-0.25, -0.2) is 0 Å². The van der Waals surface area contributed by atoms with Crippen molar-refractivity contribution < 1.29 is 0 Å². The van der Waals surface area contributed by atoms with Gasteiger partial charge in [-0.1, -0.05) is 18.2 Å². The van der Waals surface area contributed by atoms with Crippen LogP contribution >= 0.6 is 0 Å². The van der Waals surface area contributed by atoms with Gasteiger partial charge in [-0.15, -0.1) is 0 Å². The molecule has 4 nitrogen and oxygen atoms in total. The molecule has 0 aliphatic heterocycles. The number of aromatic amines is 1. The van der Waals surface area contributed by atoms with Gasteiger partial charge < -0.3 is 5.43 Å². The molecule has 0 atom stereocenters. The van der Waals surface area contributed by atoms with Crippen molar-refractivity contribution in [2.24, 2.45) is 0 Å². The fourth-order valence-corrected chi connectivity index (χ4v) is 2.74. The number of hydrogen-bond acceptors (Lipinski definition) is 2. The number of para-hydroxylation sites is 1. The van der Waals surface area contributed by atoms with Gasteiger partial charge in [-0.3, -0.25) is 9.77 Å². The van der Waals surface area contributed by atoms with Crippen LogP contribution in [0.5, 0.6) is 0 Å². The Balaban J connectivity index is 2.21. The Morgan fingerprint density at radius 2 is 2.29 bits per heavy atom. The van der Waals surface area contributed by atoms with Crippen LogP contribution in [-0.2, 0) is 0 Å². The smallest absolute Gasteiger partial charge is 0.108 e. The van der Waals surface area contributed by atoms with E-state index in [1.54, 1.807) is 0 Å². The molecule has 2 aromatic heterocycles. The van der Waals surface area contributed by atoms with E-state index < -0.39 is 0 Å². The molecule has 0 amide bonds. The number of hydrogen-bond donors (Lipinski definition) is 2. The maximum atomic E-state index is 4.12. The minimum Gasteiger partial charge on any atom is -0.328 e. The van der Waals surface area contributed by atoms with Crippen molar-refractivity contribution in [2.45, 2.75) is 18.8 Å². The third-order valence-corrected chi connectivity index (χ3v) is 3.66. The molecule has 1 fully saturated rings. The lowest BCUT2D eigenvalue weighted by atomic mass is 10.1. The van der Waals surface area contributed by atoms with Gasteiger partial charge in [0.25, 0.3) is 0 Å². The molecule has 86 valence electrons. The first-order valence-electron chi connectivity index (χ1n) is 6.04. The number of aromatic nitrogens is 3. The summed E-state index contributed by atoms with van der Waals surface area (Å²) in [4.78, 5) is 0. The molecule has 1 aliphatic carbocycles. The lowest BCUT2D eigenvalue weighted by Crippen LogP contribution is -2.08. The van der Waals surface area contributed by atoms with Crippen LogP contribution in [0.15, 0.2) is 24.4 Å². The van der Waals surface area contributed by atoms with E-state index in [9.17, 15) is 0 Å². The highest BCUT2D eigenvalue weighted by Gasteiger charge is 2.27. The highest BCUT2D eigenvalue weighted by molar-refractivity contribution is 6.07. The predicted molar refractivity (Wildman–Crippen MR) is 68.8 cm³/mol. The number of benzene rings is 1. The maximum absolute atomic E-state index is 4.12. The topological polar surface area (TPSA) is 45.6 Å². The highest BCUT2D eigenvalue weighted by Crippen LogP contribution is 2.44. The molecule has 0 saturated heterocycles. The largest absolute Gasteiger partial charge is 0.328 e. The summed E-state index contributed by atoms with van der Waals surface area (Å²) in [5.41, 5.74) is 8.27. The van der Waals surface area contributed by atoms with Gasteiger partial charge in [0.1, 0.15) is 5.52 Å². The van der Waals surface area contributed by atoms with Crippen LogP contribution in [0, 0.1) is 0 Å². The first kappa shape index (κ1) is 9.10. The first-order valence-corrected chi connectivity index (χ1v) is 6.04. The van der Waals surface area contributed by atoms with E-state index in [1.807, 2.05) is 13.2 Å². The number of rotatable bonds is 2. The number of nitrogens with zero attached hydrogens (tertiary/aromatic N) is 2. The molecule has 0 spiro atoms. The molecule has 1 aromatic carbocycles. The Hall–Kier alpha value is -1.97. The maximum Gasteiger partial charge on any atom is 0.108 e. The average Bonchev–Trinajstić information content (AvgIpc) is 3.00. The standard InChI is InChI=1S/C13H14N4/c1-14-17-11-7-15-16-12(11)10-4-2-3-9(13(10)17)8-5-6-8/h2-4,7-8,14H,5-6H2,1H3,(H,15,16). The lowest BCUT2D eigenvalue weighted by molar-refractivity contribution is 0.994. The van der Waals surface area contributed by atoms with Crippen molar-refractivity contribution >= 4 is 21.9 Å². The van der Waals surface area contributed by atoms with E-state index in [4.69, 9.17) is 0 Å². The van der Waals surface area contributed by atoms with Gasteiger partial charge in [0.05, 0.1) is 17.2 Å². The Bertz CT molecular complexity index is 703.